The van der Waals surface area contributed by atoms with E-state index in [0.29, 0.717) is 6.04 Å². The Bertz CT molecular complexity index is 498. The second kappa shape index (κ2) is 9.50. The number of aliphatic imine (C=N–C) groups is 1. The lowest BCUT2D eigenvalue weighted by atomic mass is 10.1. The smallest absolute Gasteiger partial charge is 0.191 e. The van der Waals surface area contributed by atoms with Gasteiger partial charge in [0, 0.05) is 26.2 Å². The van der Waals surface area contributed by atoms with Crippen LogP contribution in [-0.2, 0) is 6.42 Å². The first-order valence-electron chi connectivity index (χ1n) is 8.66. The molecule has 0 spiro atoms. The molecule has 0 amide bonds. The molecule has 1 aliphatic heterocycles. The zero-order valence-corrected chi connectivity index (χ0v) is 14.3. The van der Waals surface area contributed by atoms with Gasteiger partial charge in [-0.05, 0) is 56.5 Å². The standard InChI is InChI=1S/C18H29FN4/c1-3-17(23-11-4-5-12-23)14-22-18(20-2)21-10-9-15-7-6-8-16(19)13-15/h6-8,13,17H,3-5,9-12,14H2,1-2H3,(H2,20,21,22). The van der Waals surface area contributed by atoms with E-state index in [1.807, 2.05) is 6.07 Å². The molecule has 0 aliphatic carbocycles. The van der Waals surface area contributed by atoms with Crippen LogP contribution in [0.2, 0.25) is 0 Å². The van der Waals surface area contributed by atoms with E-state index in [-0.39, 0.29) is 5.82 Å². The molecule has 0 saturated carbocycles. The predicted molar refractivity (Wildman–Crippen MR) is 94.4 cm³/mol. The Morgan fingerprint density at radius 3 is 2.74 bits per heavy atom. The summed E-state index contributed by atoms with van der Waals surface area (Å²) in [5.74, 6) is 0.639. The molecule has 0 bridgehead atoms. The van der Waals surface area contributed by atoms with Crippen LogP contribution in [0, 0.1) is 5.82 Å². The molecule has 128 valence electrons. The monoisotopic (exact) mass is 320 g/mol. The van der Waals surface area contributed by atoms with E-state index in [1.54, 1.807) is 19.2 Å². The van der Waals surface area contributed by atoms with Crippen molar-refractivity contribution in [3.63, 3.8) is 0 Å². The summed E-state index contributed by atoms with van der Waals surface area (Å²) in [4.78, 5) is 6.83. The van der Waals surface area contributed by atoms with Crippen LogP contribution in [0.25, 0.3) is 0 Å². The maximum absolute atomic E-state index is 13.2. The molecule has 2 rings (SSSR count). The molecular weight excluding hydrogens is 291 g/mol. The molecule has 1 aromatic rings. The summed E-state index contributed by atoms with van der Waals surface area (Å²) in [5, 5.41) is 6.72. The first kappa shape index (κ1) is 17.7. The molecule has 1 heterocycles. The number of guanidine groups is 1. The Labute approximate surface area is 139 Å². The van der Waals surface area contributed by atoms with Crippen LogP contribution in [0.5, 0.6) is 0 Å². The normalized spacial score (nSPS) is 17.3. The largest absolute Gasteiger partial charge is 0.356 e. The van der Waals surface area contributed by atoms with Gasteiger partial charge in [0.05, 0.1) is 0 Å². The number of nitrogens with zero attached hydrogens (tertiary/aromatic N) is 2. The number of benzene rings is 1. The molecule has 4 nitrogen and oxygen atoms in total. The van der Waals surface area contributed by atoms with E-state index in [0.717, 1.165) is 37.5 Å². The van der Waals surface area contributed by atoms with Gasteiger partial charge in [-0.25, -0.2) is 4.39 Å². The quantitative estimate of drug-likeness (QED) is 0.599. The van der Waals surface area contributed by atoms with Gasteiger partial charge in [-0.2, -0.15) is 0 Å². The molecule has 1 aromatic carbocycles. The number of hydrogen-bond acceptors (Lipinski definition) is 2. The summed E-state index contributed by atoms with van der Waals surface area (Å²) in [7, 11) is 1.79. The zero-order valence-electron chi connectivity index (χ0n) is 14.3. The van der Waals surface area contributed by atoms with Gasteiger partial charge in [0.25, 0.3) is 0 Å². The van der Waals surface area contributed by atoms with Gasteiger partial charge in [0.1, 0.15) is 5.82 Å². The van der Waals surface area contributed by atoms with Crippen molar-refractivity contribution in [1.82, 2.24) is 15.5 Å². The number of likely N-dealkylation sites (tertiary alicyclic amines) is 1. The minimum absolute atomic E-state index is 0.179. The Morgan fingerprint density at radius 1 is 1.30 bits per heavy atom. The Morgan fingerprint density at radius 2 is 2.09 bits per heavy atom. The van der Waals surface area contributed by atoms with E-state index in [1.165, 1.54) is 32.0 Å². The third-order valence-electron chi connectivity index (χ3n) is 4.45. The van der Waals surface area contributed by atoms with Gasteiger partial charge in [0.15, 0.2) is 5.96 Å². The fraction of sp³-hybridized carbons (Fsp3) is 0.611. The van der Waals surface area contributed by atoms with Crippen LogP contribution in [-0.4, -0.2) is 50.1 Å². The number of nitrogens with one attached hydrogen (secondary N) is 2. The zero-order chi connectivity index (χ0) is 16.5. The van der Waals surface area contributed by atoms with E-state index in [2.05, 4.69) is 27.4 Å². The average Bonchev–Trinajstić information content (AvgIpc) is 3.08. The highest BCUT2D eigenvalue weighted by Crippen LogP contribution is 2.13. The van der Waals surface area contributed by atoms with E-state index in [9.17, 15) is 4.39 Å². The molecule has 5 heteroatoms. The number of halogens is 1. The van der Waals surface area contributed by atoms with Crippen LogP contribution < -0.4 is 10.6 Å². The minimum Gasteiger partial charge on any atom is -0.356 e. The fourth-order valence-electron chi connectivity index (χ4n) is 3.09. The second-order valence-corrected chi connectivity index (χ2v) is 6.06. The van der Waals surface area contributed by atoms with E-state index >= 15 is 0 Å². The summed E-state index contributed by atoms with van der Waals surface area (Å²) in [5.41, 5.74) is 0.997. The third kappa shape index (κ3) is 5.82. The van der Waals surface area contributed by atoms with Gasteiger partial charge in [-0.1, -0.05) is 19.1 Å². The highest BCUT2D eigenvalue weighted by atomic mass is 19.1. The topological polar surface area (TPSA) is 39.7 Å². The minimum atomic E-state index is -0.179. The highest BCUT2D eigenvalue weighted by Gasteiger charge is 2.20. The Balaban J connectivity index is 1.72. The molecule has 0 radical (unpaired) electrons. The van der Waals surface area contributed by atoms with Crippen molar-refractivity contribution in [2.24, 2.45) is 4.99 Å². The first-order valence-corrected chi connectivity index (χ1v) is 8.66. The molecule has 0 aromatic heterocycles. The number of rotatable bonds is 7. The molecule has 1 atom stereocenters. The van der Waals surface area contributed by atoms with Crippen molar-refractivity contribution in [3.05, 3.63) is 35.6 Å². The van der Waals surface area contributed by atoms with Crippen LogP contribution in [0.4, 0.5) is 4.39 Å². The van der Waals surface area contributed by atoms with Gasteiger partial charge < -0.3 is 10.6 Å². The molecular formula is C18H29FN4. The third-order valence-corrected chi connectivity index (χ3v) is 4.45. The molecule has 1 fully saturated rings. The van der Waals surface area contributed by atoms with Gasteiger partial charge in [-0.3, -0.25) is 9.89 Å². The van der Waals surface area contributed by atoms with Crippen molar-refractivity contribution in [1.29, 1.82) is 0 Å². The summed E-state index contributed by atoms with van der Waals surface area (Å²) in [6.45, 7) is 6.32. The number of hydrogen-bond donors (Lipinski definition) is 2. The van der Waals surface area contributed by atoms with Crippen molar-refractivity contribution < 1.29 is 4.39 Å². The fourth-order valence-corrected chi connectivity index (χ4v) is 3.09. The second-order valence-electron chi connectivity index (χ2n) is 6.06. The lowest BCUT2D eigenvalue weighted by Gasteiger charge is -2.27. The molecule has 2 N–H and O–H groups in total. The SMILES string of the molecule is CCC(CNC(=NC)NCCc1cccc(F)c1)N1CCCC1. The highest BCUT2D eigenvalue weighted by molar-refractivity contribution is 5.79. The first-order chi connectivity index (χ1) is 11.2. The summed E-state index contributed by atoms with van der Waals surface area (Å²) < 4.78 is 13.2. The van der Waals surface area contributed by atoms with Crippen molar-refractivity contribution >= 4 is 5.96 Å². The average molecular weight is 320 g/mol. The Kier molecular flexibility index (Phi) is 7.33. The van der Waals surface area contributed by atoms with Gasteiger partial charge >= 0.3 is 0 Å². The van der Waals surface area contributed by atoms with Gasteiger partial charge in [0.2, 0.25) is 0 Å². The van der Waals surface area contributed by atoms with E-state index in [4.69, 9.17) is 0 Å². The molecule has 1 saturated heterocycles. The van der Waals surface area contributed by atoms with Crippen molar-refractivity contribution in [2.75, 3.05) is 33.2 Å². The van der Waals surface area contributed by atoms with Crippen LogP contribution >= 0.6 is 0 Å². The van der Waals surface area contributed by atoms with Gasteiger partial charge in [-0.15, -0.1) is 0 Å². The van der Waals surface area contributed by atoms with Crippen LogP contribution in [0.1, 0.15) is 31.7 Å². The lowest BCUT2D eigenvalue weighted by Crippen LogP contribution is -2.46. The predicted octanol–water partition coefficient (Wildman–Crippen LogP) is 2.41. The molecule has 23 heavy (non-hydrogen) atoms. The van der Waals surface area contributed by atoms with Crippen molar-refractivity contribution in [2.45, 2.75) is 38.6 Å². The maximum atomic E-state index is 13.2. The molecule has 1 aliphatic rings. The maximum Gasteiger partial charge on any atom is 0.191 e. The lowest BCUT2D eigenvalue weighted by molar-refractivity contribution is 0.236. The van der Waals surface area contributed by atoms with E-state index < -0.39 is 0 Å². The Hall–Kier alpha value is -1.62. The summed E-state index contributed by atoms with van der Waals surface area (Å²) in [6, 6.07) is 7.32. The van der Waals surface area contributed by atoms with Crippen LogP contribution in [0.3, 0.4) is 0 Å². The van der Waals surface area contributed by atoms with Crippen molar-refractivity contribution in [3.8, 4) is 0 Å². The summed E-state index contributed by atoms with van der Waals surface area (Å²) in [6.07, 6.45) is 4.56. The van der Waals surface area contributed by atoms with Crippen LogP contribution in [0.15, 0.2) is 29.3 Å². The summed E-state index contributed by atoms with van der Waals surface area (Å²) >= 11 is 0. The molecule has 1 unspecified atom stereocenters.